The highest BCUT2D eigenvalue weighted by molar-refractivity contribution is 5.78. The molecule has 0 aromatic heterocycles. The van der Waals surface area contributed by atoms with Crippen molar-refractivity contribution in [3.05, 3.63) is 23.9 Å². The molecule has 0 radical (unpaired) electrons. The molecule has 0 amide bonds. The SMILES string of the molecule is C/C=C/C=C(\C=N/C)N1CCCC(CCC)CC1. The second kappa shape index (κ2) is 8.96. The van der Waals surface area contributed by atoms with E-state index in [0.29, 0.717) is 0 Å². The van der Waals surface area contributed by atoms with Crippen LogP contribution in [0.1, 0.15) is 46.0 Å². The molecule has 0 N–H and O–H groups in total. The van der Waals surface area contributed by atoms with E-state index >= 15 is 0 Å². The van der Waals surface area contributed by atoms with Gasteiger partial charge >= 0.3 is 0 Å². The van der Waals surface area contributed by atoms with E-state index < -0.39 is 0 Å². The minimum absolute atomic E-state index is 0.932. The first-order valence-corrected chi connectivity index (χ1v) is 7.31. The van der Waals surface area contributed by atoms with Crippen molar-refractivity contribution >= 4 is 6.21 Å². The molecule has 0 bridgehead atoms. The van der Waals surface area contributed by atoms with Crippen LogP contribution in [0.4, 0.5) is 0 Å². The fourth-order valence-electron chi connectivity index (χ4n) is 2.68. The Bertz CT molecular complexity index is 302. The average molecular weight is 248 g/mol. The van der Waals surface area contributed by atoms with E-state index in [0.717, 1.165) is 5.92 Å². The van der Waals surface area contributed by atoms with Crippen LogP contribution in [0.15, 0.2) is 28.9 Å². The van der Waals surface area contributed by atoms with Gasteiger partial charge in [-0.25, -0.2) is 0 Å². The molecule has 1 heterocycles. The Labute approximate surface area is 112 Å². The van der Waals surface area contributed by atoms with Gasteiger partial charge in [0.15, 0.2) is 0 Å². The van der Waals surface area contributed by atoms with Crippen molar-refractivity contribution in [3.8, 4) is 0 Å². The lowest BCUT2D eigenvalue weighted by atomic mass is 9.96. The van der Waals surface area contributed by atoms with Crippen molar-refractivity contribution in [1.29, 1.82) is 0 Å². The zero-order chi connectivity index (χ0) is 13.2. The average Bonchev–Trinajstić information content (AvgIpc) is 2.61. The normalized spacial score (nSPS) is 22.9. The molecule has 2 heteroatoms. The fraction of sp³-hybridized carbons (Fsp3) is 0.688. The van der Waals surface area contributed by atoms with Crippen LogP contribution in [0.3, 0.4) is 0 Å². The second-order valence-electron chi connectivity index (χ2n) is 5.08. The Morgan fingerprint density at radius 3 is 2.83 bits per heavy atom. The van der Waals surface area contributed by atoms with E-state index in [9.17, 15) is 0 Å². The molecule has 102 valence electrons. The van der Waals surface area contributed by atoms with Crippen LogP contribution in [0.5, 0.6) is 0 Å². The topological polar surface area (TPSA) is 15.6 Å². The summed E-state index contributed by atoms with van der Waals surface area (Å²) < 4.78 is 0. The van der Waals surface area contributed by atoms with Crippen molar-refractivity contribution < 1.29 is 0 Å². The molecular formula is C16H28N2. The first-order chi connectivity index (χ1) is 8.81. The molecule has 1 aliphatic heterocycles. The number of likely N-dealkylation sites (tertiary alicyclic amines) is 1. The van der Waals surface area contributed by atoms with Crippen molar-refractivity contribution in [1.82, 2.24) is 4.90 Å². The van der Waals surface area contributed by atoms with Gasteiger partial charge in [0.2, 0.25) is 0 Å². The third-order valence-corrected chi connectivity index (χ3v) is 3.63. The van der Waals surface area contributed by atoms with Crippen LogP contribution in [-0.2, 0) is 0 Å². The predicted octanol–water partition coefficient (Wildman–Crippen LogP) is 4.05. The second-order valence-corrected chi connectivity index (χ2v) is 5.08. The molecular weight excluding hydrogens is 220 g/mol. The number of hydrogen-bond donors (Lipinski definition) is 0. The quantitative estimate of drug-likeness (QED) is 0.529. The smallest absolute Gasteiger partial charge is 0.0547 e. The first kappa shape index (κ1) is 15.0. The number of allylic oxidation sites excluding steroid dienone is 4. The Morgan fingerprint density at radius 2 is 2.17 bits per heavy atom. The van der Waals surface area contributed by atoms with Crippen LogP contribution in [0, 0.1) is 5.92 Å². The van der Waals surface area contributed by atoms with Gasteiger partial charge in [-0.2, -0.15) is 0 Å². The van der Waals surface area contributed by atoms with E-state index in [1.165, 1.54) is 50.9 Å². The van der Waals surface area contributed by atoms with Crippen molar-refractivity contribution in [3.63, 3.8) is 0 Å². The van der Waals surface area contributed by atoms with Gasteiger partial charge in [-0.05, 0) is 38.2 Å². The van der Waals surface area contributed by atoms with Gasteiger partial charge in [0.05, 0.1) is 5.70 Å². The molecule has 0 aliphatic carbocycles. The summed E-state index contributed by atoms with van der Waals surface area (Å²) in [6.07, 6.45) is 15.1. The summed E-state index contributed by atoms with van der Waals surface area (Å²) >= 11 is 0. The Kier molecular flexibility index (Phi) is 7.47. The lowest BCUT2D eigenvalue weighted by Crippen LogP contribution is -2.25. The maximum absolute atomic E-state index is 4.18. The fourth-order valence-corrected chi connectivity index (χ4v) is 2.68. The van der Waals surface area contributed by atoms with E-state index in [2.05, 4.69) is 42.0 Å². The molecule has 1 atom stereocenters. The zero-order valence-electron chi connectivity index (χ0n) is 12.2. The van der Waals surface area contributed by atoms with E-state index in [4.69, 9.17) is 0 Å². The van der Waals surface area contributed by atoms with Crippen LogP contribution >= 0.6 is 0 Å². The van der Waals surface area contributed by atoms with Gasteiger partial charge in [-0.3, -0.25) is 4.99 Å². The maximum Gasteiger partial charge on any atom is 0.0547 e. The monoisotopic (exact) mass is 248 g/mol. The summed E-state index contributed by atoms with van der Waals surface area (Å²) in [6.45, 7) is 6.70. The Hall–Kier alpha value is -1.05. The van der Waals surface area contributed by atoms with Crippen molar-refractivity contribution in [2.75, 3.05) is 20.1 Å². The van der Waals surface area contributed by atoms with E-state index in [-0.39, 0.29) is 0 Å². The third-order valence-electron chi connectivity index (χ3n) is 3.63. The van der Waals surface area contributed by atoms with Gasteiger partial charge in [-0.1, -0.05) is 31.9 Å². The van der Waals surface area contributed by atoms with Crippen LogP contribution in [0.2, 0.25) is 0 Å². The molecule has 0 aromatic rings. The molecule has 18 heavy (non-hydrogen) atoms. The van der Waals surface area contributed by atoms with E-state index in [1.54, 1.807) is 0 Å². The lowest BCUT2D eigenvalue weighted by Gasteiger charge is -2.23. The van der Waals surface area contributed by atoms with Crippen molar-refractivity contribution in [2.24, 2.45) is 10.9 Å². The predicted molar refractivity (Wildman–Crippen MR) is 81.1 cm³/mol. The van der Waals surface area contributed by atoms with Gasteiger partial charge in [0.1, 0.15) is 0 Å². The lowest BCUT2D eigenvalue weighted by molar-refractivity contribution is 0.362. The summed E-state index contributed by atoms with van der Waals surface area (Å²) in [4.78, 5) is 6.67. The molecule has 1 rings (SSSR count). The minimum Gasteiger partial charge on any atom is -0.370 e. The van der Waals surface area contributed by atoms with Crippen LogP contribution in [0.25, 0.3) is 0 Å². The highest BCUT2D eigenvalue weighted by Crippen LogP contribution is 2.23. The maximum atomic E-state index is 4.18. The van der Waals surface area contributed by atoms with Gasteiger partial charge < -0.3 is 4.90 Å². The standard InChI is InChI=1S/C16H28N2/c1-4-6-10-16(14-17-3)18-12-7-9-15(8-5-2)11-13-18/h4,6,10,14-15H,5,7-9,11-13H2,1-3H3/b6-4+,16-10+,17-14-. The van der Waals surface area contributed by atoms with Crippen molar-refractivity contribution in [2.45, 2.75) is 46.0 Å². The van der Waals surface area contributed by atoms with Crippen LogP contribution < -0.4 is 0 Å². The molecule has 1 fully saturated rings. The molecule has 0 aromatic carbocycles. The summed E-state index contributed by atoms with van der Waals surface area (Å²) in [7, 11) is 1.85. The largest absolute Gasteiger partial charge is 0.370 e. The highest BCUT2D eigenvalue weighted by Gasteiger charge is 2.16. The summed E-state index contributed by atoms with van der Waals surface area (Å²) in [5.41, 5.74) is 1.26. The number of hydrogen-bond acceptors (Lipinski definition) is 2. The minimum atomic E-state index is 0.932. The number of aliphatic imine (C=N–C) groups is 1. The van der Waals surface area contributed by atoms with Gasteiger partial charge in [0.25, 0.3) is 0 Å². The summed E-state index contributed by atoms with van der Waals surface area (Å²) in [5.74, 6) is 0.932. The summed E-state index contributed by atoms with van der Waals surface area (Å²) in [5, 5.41) is 0. The molecule has 0 spiro atoms. The van der Waals surface area contributed by atoms with Crippen LogP contribution in [-0.4, -0.2) is 31.3 Å². The molecule has 1 saturated heterocycles. The third kappa shape index (κ3) is 5.07. The highest BCUT2D eigenvalue weighted by atomic mass is 15.1. The van der Waals surface area contributed by atoms with Gasteiger partial charge in [-0.15, -0.1) is 0 Å². The number of nitrogens with zero attached hydrogens (tertiary/aromatic N) is 2. The molecule has 2 nitrogen and oxygen atoms in total. The molecule has 1 unspecified atom stereocenters. The molecule has 0 saturated carbocycles. The van der Waals surface area contributed by atoms with E-state index in [1.807, 2.05) is 13.3 Å². The first-order valence-electron chi connectivity index (χ1n) is 7.31. The summed E-state index contributed by atoms with van der Waals surface area (Å²) in [6, 6.07) is 0. The number of rotatable bonds is 5. The zero-order valence-corrected chi connectivity index (χ0v) is 12.2. The Morgan fingerprint density at radius 1 is 1.33 bits per heavy atom. The Balaban J connectivity index is 2.63. The van der Waals surface area contributed by atoms with Gasteiger partial charge in [0, 0.05) is 26.4 Å². The molecule has 1 aliphatic rings.